The Labute approximate surface area is 153 Å². The van der Waals surface area contributed by atoms with E-state index in [0.717, 1.165) is 16.9 Å². The minimum absolute atomic E-state index is 0.134. The molecule has 134 valence electrons. The lowest BCUT2D eigenvalue weighted by Crippen LogP contribution is -2.27. The van der Waals surface area contributed by atoms with Crippen molar-refractivity contribution in [3.05, 3.63) is 65.2 Å². The first-order valence-electron chi connectivity index (χ1n) is 8.39. The molecule has 0 N–H and O–H groups in total. The van der Waals surface area contributed by atoms with Gasteiger partial charge in [-0.25, -0.2) is 0 Å². The minimum atomic E-state index is -0.379. The largest absolute Gasteiger partial charge is 0.497 e. The van der Waals surface area contributed by atoms with E-state index in [1.807, 2.05) is 56.3 Å². The van der Waals surface area contributed by atoms with Gasteiger partial charge in [-0.1, -0.05) is 18.2 Å². The van der Waals surface area contributed by atoms with Crippen molar-refractivity contribution in [1.82, 2.24) is 0 Å². The predicted octanol–water partition coefficient (Wildman–Crippen LogP) is 4.78. The molecule has 1 heterocycles. The van der Waals surface area contributed by atoms with Crippen LogP contribution in [0.4, 0.5) is 0 Å². The summed E-state index contributed by atoms with van der Waals surface area (Å²) in [5.74, 6) is 1.85. The van der Waals surface area contributed by atoms with E-state index in [2.05, 4.69) is 0 Å². The Balaban J connectivity index is 1.91. The Morgan fingerprint density at radius 2 is 1.92 bits per heavy atom. The first-order valence-corrected chi connectivity index (χ1v) is 8.39. The van der Waals surface area contributed by atoms with Crippen molar-refractivity contribution < 1.29 is 19.0 Å². The fourth-order valence-corrected chi connectivity index (χ4v) is 2.85. The topological polar surface area (TPSA) is 44.8 Å². The Kier molecular flexibility index (Phi) is 4.85. The van der Waals surface area contributed by atoms with Gasteiger partial charge < -0.3 is 14.2 Å². The summed E-state index contributed by atoms with van der Waals surface area (Å²) in [6.07, 6.45) is 7.20. The zero-order chi connectivity index (χ0) is 18.7. The van der Waals surface area contributed by atoms with Crippen LogP contribution in [-0.2, 0) is 0 Å². The molecule has 0 saturated carbocycles. The summed E-state index contributed by atoms with van der Waals surface area (Å²) < 4.78 is 16.7. The molecule has 0 aliphatic carbocycles. The van der Waals surface area contributed by atoms with E-state index in [1.54, 1.807) is 26.4 Å². The second kappa shape index (κ2) is 7.08. The minimum Gasteiger partial charge on any atom is -0.497 e. The summed E-state index contributed by atoms with van der Waals surface area (Å²) in [6, 6.07) is 11.1. The molecule has 0 fully saturated rings. The van der Waals surface area contributed by atoms with Crippen molar-refractivity contribution in [3.8, 4) is 17.2 Å². The molecule has 0 bridgehead atoms. The third-order valence-corrected chi connectivity index (χ3v) is 4.17. The summed E-state index contributed by atoms with van der Waals surface area (Å²) in [6.45, 7) is 3.96. The highest BCUT2D eigenvalue weighted by Crippen LogP contribution is 2.39. The Bertz CT molecular complexity index is 891. The number of ketones is 1. The monoisotopic (exact) mass is 350 g/mol. The van der Waals surface area contributed by atoms with Gasteiger partial charge in [0.05, 0.1) is 25.3 Å². The van der Waals surface area contributed by atoms with Gasteiger partial charge >= 0.3 is 0 Å². The molecule has 0 radical (unpaired) electrons. The van der Waals surface area contributed by atoms with Gasteiger partial charge in [-0.15, -0.1) is 0 Å². The van der Waals surface area contributed by atoms with Crippen LogP contribution in [0, 0.1) is 0 Å². The summed E-state index contributed by atoms with van der Waals surface area (Å²) in [5, 5.41) is 0. The van der Waals surface area contributed by atoms with Crippen molar-refractivity contribution in [2.24, 2.45) is 0 Å². The molecule has 0 unspecified atom stereocenters. The van der Waals surface area contributed by atoms with Crippen LogP contribution in [-0.4, -0.2) is 25.6 Å². The number of fused-ring (bicyclic) bond motifs is 1. The molecule has 2 aromatic rings. The molecule has 1 aliphatic rings. The van der Waals surface area contributed by atoms with E-state index in [1.165, 1.54) is 6.08 Å². The second-order valence-electron chi connectivity index (χ2n) is 6.57. The number of ether oxygens (including phenoxy) is 3. The summed E-state index contributed by atoms with van der Waals surface area (Å²) in [4.78, 5) is 12.7. The highest BCUT2D eigenvalue weighted by molar-refractivity contribution is 6.09. The van der Waals surface area contributed by atoms with Crippen LogP contribution in [0.3, 0.4) is 0 Å². The van der Waals surface area contributed by atoms with Gasteiger partial charge in [-0.2, -0.15) is 0 Å². The normalized spacial score (nSPS) is 14.6. The van der Waals surface area contributed by atoms with Crippen LogP contribution in [0.15, 0.2) is 48.6 Å². The van der Waals surface area contributed by atoms with E-state index in [0.29, 0.717) is 17.1 Å². The first kappa shape index (κ1) is 17.8. The van der Waals surface area contributed by atoms with Gasteiger partial charge in [0.2, 0.25) is 0 Å². The van der Waals surface area contributed by atoms with Crippen molar-refractivity contribution >= 4 is 17.9 Å². The van der Waals surface area contributed by atoms with Gasteiger partial charge in [0.1, 0.15) is 22.8 Å². The standard InChI is InChI=1S/C22H22O4/c1-22(2)13-12-18-20(26-22)11-9-17(21(18)25-4)19(23)10-8-15-6-5-7-16(14-15)24-3/h5-14H,1-4H3/b10-8+. The van der Waals surface area contributed by atoms with Crippen molar-refractivity contribution in [3.63, 3.8) is 0 Å². The van der Waals surface area contributed by atoms with Crippen LogP contribution >= 0.6 is 0 Å². The summed E-state index contributed by atoms with van der Waals surface area (Å²) in [5.41, 5.74) is 1.79. The lowest BCUT2D eigenvalue weighted by atomic mass is 9.98. The number of benzene rings is 2. The van der Waals surface area contributed by atoms with Gasteiger partial charge in [-0.3, -0.25) is 4.79 Å². The fourth-order valence-electron chi connectivity index (χ4n) is 2.85. The van der Waals surface area contributed by atoms with Crippen molar-refractivity contribution in [2.75, 3.05) is 14.2 Å². The molecule has 3 rings (SSSR count). The Morgan fingerprint density at radius 3 is 2.65 bits per heavy atom. The maximum atomic E-state index is 12.7. The number of carbonyl (C=O) groups is 1. The Morgan fingerprint density at radius 1 is 1.12 bits per heavy atom. The van der Waals surface area contributed by atoms with Crippen molar-refractivity contribution in [1.29, 1.82) is 0 Å². The molecular weight excluding hydrogens is 328 g/mol. The van der Waals surface area contributed by atoms with E-state index in [4.69, 9.17) is 14.2 Å². The van der Waals surface area contributed by atoms with Gasteiger partial charge in [0.25, 0.3) is 0 Å². The lowest BCUT2D eigenvalue weighted by Gasteiger charge is -2.29. The van der Waals surface area contributed by atoms with Gasteiger partial charge in [-0.05, 0) is 61.9 Å². The average Bonchev–Trinajstić information content (AvgIpc) is 2.64. The Hall–Kier alpha value is -3.01. The van der Waals surface area contributed by atoms with Crippen LogP contribution in [0.25, 0.3) is 12.2 Å². The molecule has 0 amide bonds. The summed E-state index contributed by atoms with van der Waals surface area (Å²) in [7, 11) is 3.18. The molecule has 0 aromatic heterocycles. The molecule has 4 nitrogen and oxygen atoms in total. The fraction of sp³-hybridized carbons (Fsp3) is 0.227. The highest BCUT2D eigenvalue weighted by Gasteiger charge is 2.26. The molecule has 0 atom stereocenters. The first-order chi connectivity index (χ1) is 12.4. The quantitative estimate of drug-likeness (QED) is 0.575. The number of carbonyl (C=O) groups excluding carboxylic acids is 1. The van der Waals surface area contributed by atoms with E-state index < -0.39 is 0 Å². The molecular formula is C22H22O4. The smallest absolute Gasteiger partial charge is 0.189 e. The zero-order valence-electron chi connectivity index (χ0n) is 15.4. The maximum Gasteiger partial charge on any atom is 0.189 e. The summed E-state index contributed by atoms with van der Waals surface area (Å²) >= 11 is 0. The van der Waals surface area contributed by atoms with E-state index in [-0.39, 0.29) is 11.4 Å². The van der Waals surface area contributed by atoms with Gasteiger partial charge in [0.15, 0.2) is 5.78 Å². The molecule has 1 aliphatic heterocycles. The number of methoxy groups -OCH3 is 2. The highest BCUT2D eigenvalue weighted by atomic mass is 16.5. The van der Waals surface area contributed by atoms with Crippen LogP contribution in [0.1, 0.15) is 35.3 Å². The zero-order valence-corrected chi connectivity index (χ0v) is 15.4. The molecule has 26 heavy (non-hydrogen) atoms. The van der Waals surface area contributed by atoms with E-state index >= 15 is 0 Å². The molecule has 0 spiro atoms. The van der Waals surface area contributed by atoms with Crippen LogP contribution in [0.2, 0.25) is 0 Å². The number of rotatable bonds is 5. The second-order valence-corrected chi connectivity index (χ2v) is 6.57. The number of allylic oxidation sites excluding steroid dienone is 1. The van der Waals surface area contributed by atoms with Crippen LogP contribution < -0.4 is 14.2 Å². The average molecular weight is 350 g/mol. The third kappa shape index (κ3) is 3.64. The predicted molar refractivity (Wildman–Crippen MR) is 103 cm³/mol. The molecule has 2 aromatic carbocycles. The van der Waals surface area contributed by atoms with E-state index in [9.17, 15) is 4.79 Å². The van der Waals surface area contributed by atoms with Crippen LogP contribution in [0.5, 0.6) is 17.2 Å². The third-order valence-electron chi connectivity index (χ3n) is 4.17. The number of hydrogen-bond acceptors (Lipinski definition) is 4. The van der Waals surface area contributed by atoms with Crippen molar-refractivity contribution in [2.45, 2.75) is 19.4 Å². The molecule has 4 heteroatoms. The van der Waals surface area contributed by atoms with Gasteiger partial charge in [0, 0.05) is 0 Å². The SMILES string of the molecule is COc1cccc(/C=C/C(=O)c2ccc3c(c2OC)C=CC(C)(C)O3)c1. The number of hydrogen-bond donors (Lipinski definition) is 0. The maximum absolute atomic E-state index is 12.7. The molecule has 0 saturated heterocycles. The lowest BCUT2D eigenvalue weighted by molar-refractivity contribution is 0.104.